The van der Waals surface area contributed by atoms with E-state index in [9.17, 15) is 30.6 Å². The summed E-state index contributed by atoms with van der Waals surface area (Å²) in [6.45, 7) is 4.67. The first-order valence-corrected chi connectivity index (χ1v) is 11.1. The summed E-state index contributed by atoms with van der Waals surface area (Å²) in [5.41, 5.74) is 16.9. The molecule has 3 rings (SSSR count). The van der Waals surface area contributed by atoms with Gasteiger partial charge < -0.3 is 72.1 Å². The van der Waals surface area contributed by atoms with E-state index in [4.69, 9.17) is 36.1 Å². The summed E-state index contributed by atoms with van der Waals surface area (Å²) in [4.78, 5) is 0. The smallest absolute Gasteiger partial charge is 0.185 e. The van der Waals surface area contributed by atoms with Crippen LogP contribution in [0.5, 0.6) is 0 Å². The van der Waals surface area contributed by atoms with Crippen molar-refractivity contribution in [1.82, 2.24) is 5.32 Å². The van der Waals surface area contributed by atoms with Gasteiger partial charge in [-0.3, -0.25) is 0 Å². The van der Waals surface area contributed by atoms with Crippen LogP contribution in [-0.4, -0.2) is 129 Å². The average Bonchev–Trinajstić information content (AvgIpc) is 2.75. The fraction of sp³-hybridized carbons (Fsp3) is 0.900. The van der Waals surface area contributed by atoms with Gasteiger partial charge in [-0.2, -0.15) is 0 Å². The SMILES string of the molecule is C=C(O)[C@H]1O[C@H](O[C@H]2[C@H](O)[C@@H](O[C@H]3OC[C@](C)(O)[C@H](NC)[C@H]3O)[C@H](N)C[C@@H]2N)[C@H](N)[C@@H](O)[C@@H]1O. The van der Waals surface area contributed by atoms with Gasteiger partial charge >= 0.3 is 0 Å². The lowest BCUT2D eigenvalue weighted by molar-refractivity contribution is -0.313. The van der Waals surface area contributed by atoms with Crippen LogP contribution >= 0.6 is 0 Å². The Balaban J connectivity index is 1.73. The molecular formula is C20H38N4O10. The van der Waals surface area contributed by atoms with Crippen molar-refractivity contribution in [3.05, 3.63) is 12.3 Å². The first-order valence-electron chi connectivity index (χ1n) is 11.1. The van der Waals surface area contributed by atoms with Crippen molar-refractivity contribution in [2.45, 2.75) is 98.4 Å². The zero-order valence-corrected chi connectivity index (χ0v) is 19.2. The molecule has 1 aliphatic carbocycles. The lowest BCUT2D eigenvalue weighted by Gasteiger charge is -2.49. The predicted molar refractivity (Wildman–Crippen MR) is 116 cm³/mol. The van der Waals surface area contributed by atoms with E-state index in [-0.39, 0.29) is 13.0 Å². The predicted octanol–water partition coefficient (Wildman–Crippen LogP) is -4.92. The molecule has 1 saturated carbocycles. The molecule has 0 aromatic carbocycles. The largest absolute Gasteiger partial charge is 0.510 e. The summed E-state index contributed by atoms with van der Waals surface area (Å²) in [7, 11) is 1.57. The van der Waals surface area contributed by atoms with Crippen LogP contribution in [0.2, 0.25) is 0 Å². The van der Waals surface area contributed by atoms with Gasteiger partial charge in [-0.25, -0.2) is 0 Å². The Labute approximate surface area is 197 Å². The maximum atomic E-state index is 11.0. The van der Waals surface area contributed by atoms with Crippen LogP contribution in [-0.2, 0) is 18.9 Å². The third kappa shape index (κ3) is 5.24. The molecule has 3 fully saturated rings. The number of hydrogen-bond acceptors (Lipinski definition) is 14. The van der Waals surface area contributed by atoms with E-state index in [1.54, 1.807) is 7.05 Å². The molecule has 2 aliphatic heterocycles. The standard InChI is InChI=1S/C20H38N4O10/c1-6(25)14-11(27)10(26)9(23)18(32-14)33-15-7(21)4-8(22)16(12(15)28)34-19-13(29)17(24-3)20(2,30)5-31-19/h7-19,24-30H,1,4-5,21-23H2,2-3H3/t7-,8+,9+,10+,11-,12-,13+,14+,15+,16-,17+,18+,19+,20-/m0/s1. The van der Waals surface area contributed by atoms with Crippen LogP contribution < -0.4 is 22.5 Å². The number of aliphatic hydroxyl groups is 6. The molecule has 2 saturated heterocycles. The van der Waals surface area contributed by atoms with E-state index in [0.717, 1.165) is 0 Å². The molecule has 0 aromatic rings. The Kier molecular flexibility index (Phi) is 8.57. The first kappa shape index (κ1) is 27.6. The van der Waals surface area contributed by atoms with Crippen LogP contribution in [0.3, 0.4) is 0 Å². The summed E-state index contributed by atoms with van der Waals surface area (Å²) in [6, 6.07) is -3.55. The fourth-order valence-corrected chi connectivity index (χ4v) is 4.80. The normalized spacial score (nSPS) is 52.4. The van der Waals surface area contributed by atoms with Crippen LogP contribution in [0.25, 0.3) is 0 Å². The summed E-state index contributed by atoms with van der Waals surface area (Å²) < 4.78 is 22.6. The van der Waals surface area contributed by atoms with Crippen molar-refractivity contribution in [2.75, 3.05) is 13.7 Å². The Morgan fingerprint density at radius 1 is 0.971 bits per heavy atom. The van der Waals surface area contributed by atoms with Gasteiger partial charge in [-0.05, 0) is 20.4 Å². The summed E-state index contributed by atoms with van der Waals surface area (Å²) in [5.74, 6) is -0.540. The van der Waals surface area contributed by atoms with Crippen molar-refractivity contribution in [3.63, 3.8) is 0 Å². The lowest BCUT2D eigenvalue weighted by Crippen LogP contribution is -2.69. The van der Waals surface area contributed by atoms with E-state index >= 15 is 0 Å². The third-order valence-corrected chi connectivity index (χ3v) is 6.76. The number of hydrogen-bond donors (Lipinski definition) is 10. The van der Waals surface area contributed by atoms with Gasteiger partial charge in [-0.15, -0.1) is 0 Å². The molecule has 3 aliphatic rings. The van der Waals surface area contributed by atoms with E-state index in [0.29, 0.717) is 0 Å². The van der Waals surface area contributed by atoms with E-state index in [1.165, 1.54) is 6.92 Å². The molecule has 14 heteroatoms. The molecule has 14 atom stereocenters. The highest BCUT2D eigenvalue weighted by atomic mass is 16.7. The van der Waals surface area contributed by atoms with Crippen molar-refractivity contribution < 1.29 is 49.6 Å². The molecule has 0 aromatic heterocycles. The van der Waals surface area contributed by atoms with Gasteiger partial charge in [0, 0.05) is 12.1 Å². The Morgan fingerprint density at radius 2 is 1.53 bits per heavy atom. The zero-order valence-electron chi connectivity index (χ0n) is 19.2. The summed E-state index contributed by atoms with van der Waals surface area (Å²) >= 11 is 0. The van der Waals surface area contributed by atoms with Crippen molar-refractivity contribution in [1.29, 1.82) is 0 Å². The molecule has 34 heavy (non-hydrogen) atoms. The zero-order chi connectivity index (χ0) is 25.5. The lowest BCUT2D eigenvalue weighted by atomic mass is 9.84. The van der Waals surface area contributed by atoms with Crippen LogP contribution in [0, 0.1) is 0 Å². The van der Waals surface area contributed by atoms with Gasteiger partial charge in [0.05, 0.1) is 18.7 Å². The Bertz CT molecular complexity index is 717. The second-order valence-electron chi connectivity index (χ2n) is 9.52. The topological polar surface area (TPSA) is 248 Å². The Hall–Kier alpha value is -0.980. The van der Waals surface area contributed by atoms with Gasteiger partial charge in [0.2, 0.25) is 0 Å². The maximum absolute atomic E-state index is 11.0. The number of nitrogens with two attached hydrogens (primary N) is 3. The summed E-state index contributed by atoms with van der Waals surface area (Å²) in [5, 5.41) is 64.9. The number of nitrogens with one attached hydrogen (secondary N) is 1. The van der Waals surface area contributed by atoms with Crippen LogP contribution in [0.15, 0.2) is 12.3 Å². The van der Waals surface area contributed by atoms with Gasteiger partial charge in [-0.1, -0.05) is 6.58 Å². The minimum absolute atomic E-state index is 0.144. The maximum Gasteiger partial charge on any atom is 0.185 e. The molecule has 0 amide bonds. The van der Waals surface area contributed by atoms with Gasteiger partial charge in [0.25, 0.3) is 0 Å². The second kappa shape index (κ2) is 10.6. The number of rotatable bonds is 6. The van der Waals surface area contributed by atoms with Crippen molar-refractivity contribution in [3.8, 4) is 0 Å². The van der Waals surface area contributed by atoms with Gasteiger partial charge in [0.1, 0.15) is 54.1 Å². The van der Waals surface area contributed by atoms with Crippen LogP contribution in [0.1, 0.15) is 13.3 Å². The Morgan fingerprint density at radius 3 is 2.06 bits per heavy atom. The highest BCUT2D eigenvalue weighted by molar-refractivity contribution is 5.05. The summed E-state index contributed by atoms with van der Waals surface area (Å²) in [6.07, 6.45) is -11.8. The number of likely N-dealkylation sites (N-methyl/N-ethyl adjacent to an activating group) is 1. The monoisotopic (exact) mass is 494 g/mol. The quantitative estimate of drug-likeness (QED) is 0.155. The van der Waals surface area contributed by atoms with Crippen LogP contribution in [0.4, 0.5) is 0 Å². The molecule has 0 spiro atoms. The molecule has 0 unspecified atom stereocenters. The van der Waals surface area contributed by atoms with Crippen molar-refractivity contribution in [2.24, 2.45) is 17.2 Å². The fourth-order valence-electron chi connectivity index (χ4n) is 4.80. The minimum atomic E-state index is -1.54. The van der Waals surface area contributed by atoms with Gasteiger partial charge in [0.15, 0.2) is 12.6 Å². The first-order chi connectivity index (χ1) is 15.8. The van der Waals surface area contributed by atoms with Crippen molar-refractivity contribution >= 4 is 0 Å². The number of aliphatic hydroxyl groups excluding tert-OH is 5. The molecule has 14 nitrogen and oxygen atoms in total. The van der Waals surface area contributed by atoms with E-state index in [2.05, 4.69) is 11.9 Å². The molecule has 198 valence electrons. The molecular weight excluding hydrogens is 456 g/mol. The van der Waals surface area contributed by atoms with E-state index in [1.807, 2.05) is 0 Å². The second-order valence-corrected chi connectivity index (χ2v) is 9.52. The molecule has 13 N–H and O–H groups in total. The average molecular weight is 495 g/mol. The number of ether oxygens (including phenoxy) is 4. The minimum Gasteiger partial charge on any atom is -0.510 e. The molecule has 0 bridgehead atoms. The molecule has 0 radical (unpaired) electrons. The molecule has 2 heterocycles. The highest BCUT2D eigenvalue weighted by Crippen LogP contribution is 2.32. The van der Waals surface area contributed by atoms with E-state index < -0.39 is 90.8 Å². The highest BCUT2D eigenvalue weighted by Gasteiger charge is 2.52. The third-order valence-electron chi connectivity index (χ3n) is 6.76.